The quantitative estimate of drug-likeness (QED) is 0.267. The van der Waals surface area contributed by atoms with Gasteiger partial charge in [-0.25, -0.2) is 4.39 Å². The van der Waals surface area contributed by atoms with E-state index in [0.29, 0.717) is 0 Å². The molecule has 3 rings (SSSR count). The minimum absolute atomic E-state index is 0. The van der Waals surface area contributed by atoms with Crippen LogP contribution in [0.4, 0.5) is 4.39 Å². The molecule has 2 N–H and O–H groups in total. The summed E-state index contributed by atoms with van der Waals surface area (Å²) in [4.78, 5) is 15.4. The third kappa shape index (κ3) is 8.13. The monoisotopic (exact) mass is 780 g/mol. The van der Waals surface area contributed by atoms with Gasteiger partial charge in [-0.05, 0) is 117 Å². The second-order valence-corrected chi connectivity index (χ2v) is 10.5. The maximum atomic E-state index is 13.9. The average molecular weight is 780 g/mol. The number of nitrogens with zero attached hydrogens (tertiary/aromatic N) is 1. The number of ether oxygens (including phenoxy) is 2. The second kappa shape index (κ2) is 14.1. The first kappa shape index (κ1) is 29.7. The molecule has 2 aromatic rings. The number of aliphatic imine (C=N–C) groups is 1. The Hall–Kier alpha value is -0.380. The molecule has 0 saturated carbocycles. The van der Waals surface area contributed by atoms with Crippen LogP contribution in [0.15, 0.2) is 41.4 Å². The van der Waals surface area contributed by atoms with Crippen molar-refractivity contribution in [1.82, 2.24) is 0 Å². The minimum Gasteiger partial charge on any atom is -0.370 e. The molecular formula is C23H28FI3N2O3. The van der Waals surface area contributed by atoms with Gasteiger partial charge in [0.15, 0.2) is 5.79 Å². The SMILES string of the molecule is C.COC(CCC(N)=O)(OC)c1cc(I)ccc1F.Ic1ccc(I)c(C2=NCCC2)c1. The highest BCUT2D eigenvalue weighted by molar-refractivity contribution is 14.1. The van der Waals surface area contributed by atoms with Gasteiger partial charge in [-0.3, -0.25) is 9.79 Å². The van der Waals surface area contributed by atoms with Crippen molar-refractivity contribution in [2.24, 2.45) is 10.7 Å². The summed E-state index contributed by atoms with van der Waals surface area (Å²) in [7, 11) is 2.81. The fourth-order valence-corrected chi connectivity index (χ4v) is 4.83. The summed E-state index contributed by atoms with van der Waals surface area (Å²) < 4.78 is 27.9. The normalized spacial score (nSPS) is 13.0. The molecule has 176 valence electrons. The number of primary amides is 1. The van der Waals surface area contributed by atoms with E-state index in [1.165, 1.54) is 45.1 Å². The van der Waals surface area contributed by atoms with Crippen molar-refractivity contribution in [3.05, 3.63) is 64.1 Å². The Morgan fingerprint density at radius 1 is 1.12 bits per heavy atom. The van der Waals surface area contributed by atoms with Crippen LogP contribution in [0.5, 0.6) is 0 Å². The number of rotatable bonds is 7. The molecule has 0 unspecified atom stereocenters. The number of methoxy groups -OCH3 is 2. The number of halogens is 4. The van der Waals surface area contributed by atoms with Gasteiger partial charge in [-0.2, -0.15) is 0 Å². The summed E-state index contributed by atoms with van der Waals surface area (Å²) in [5, 5.41) is 0. The molecule has 1 aliphatic rings. The number of carbonyl (C=O) groups is 1. The third-order valence-electron chi connectivity index (χ3n) is 4.81. The van der Waals surface area contributed by atoms with Crippen LogP contribution >= 0.6 is 67.8 Å². The molecule has 0 fully saturated rings. The highest BCUT2D eigenvalue weighted by Gasteiger charge is 2.35. The summed E-state index contributed by atoms with van der Waals surface area (Å²) in [6.45, 7) is 1.01. The van der Waals surface area contributed by atoms with Crippen LogP contribution in [0.25, 0.3) is 0 Å². The Bertz CT molecular complexity index is 950. The van der Waals surface area contributed by atoms with E-state index < -0.39 is 17.5 Å². The number of hydrogen-bond acceptors (Lipinski definition) is 4. The molecule has 0 radical (unpaired) electrons. The lowest BCUT2D eigenvalue weighted by atomic mass is 9.99. The highest BCUT2D eigenvalue weighted by Crippen LogP contribution is 2.33. The number of nitrogens with two attached hydrogens (primary N) is 1. The van der Waals surface area contributed by atoms with Crippen molar-refractivity contribution in [2.75, 3.05) is 20.8 Å². The summed E-state index contributed by atoms with van der Waals surface area (Å²) in [6, 6.07) is 11.1. The van der Waals surface area contributed by atoms with Gasteiger partial charge in [-0.1, -0.05) is 7.43 Å². The van der Waals surface area contributed by atoms with Crippen molar-refractivity contribution < 1.29 is 18.7 Å². The average Bonchev–Trinajstić information content (AvgIpc) is 3.28. The molecule has 0 aliphatic carbocycles. The Labute approximate surface area is 230 Å². The number of carbonyl (C=O) groups excluding carboxylic acids is 1. The highest BCUT2D eigenvalue weighted by atomic mass is 127. The van der Waals surface area contributed by atoms with Crippen LogP contribution in [0, 0.1) is 16.5 Å². The molecule has 2 aromatic carbocycles. The van der Waals surface area contributed by atoms with Crippen LogP contribution in [0.2, 0.25) is 0 Å². The summed E-state index contributed by atoms with van der Waals surface area (Å²) in [5.74, 6) is -2.22. The fraction of sp³-hybridized carbons (Fsp3) is 0.391. The first-order valence-corrected chi connectivity index (χ1v) is 12.8. The van der Waals surface area contributed by atoms with E-state index in [0.717, 1.165) is 16.5 Å². The molecule has 5 nitrogen and oxygen atoms in total. The van der Waals surface area contributed by atoms with E-state index in [9.17, 15) is 9.18 Å². The summed E-state index contributed by atoms with van der Waals surface area (Å²) in [5.41, 5.74) is 8.01. The van der Waals surface area contributed by atoms with Crippen LogP contribution in [-0.2, 0) is 20.1 Å². The van der Waals surface area contributed by atoms with E-state index >= 15 is 0 Å². The smallest absolute Gasteiger partial charge is 0.217 e. The van der Waals surface area contributed by atoms with Gasteiger partial charge in [0.25, 0.3) is 0 Å². The van der Waals surface area contributed by atoms with E-state index in [1.807, 2.05) is 0 Å². The largest absolute Gasteiger partial charge is 0.370 e. The van der Waals surface area contributed by atoms with Gasteiger partial charge >= 0.3 is 0 Å². The fourth-order valence-electron chi connectivity index (χ4n) is 3.20. The van der Waals surface area contributed by atoms with E-state index in [-0.39, 0.29) is 25.8 Å². The zero-order valence-corrected chi connectivity index (χ0v) is 23.7. The van der Waals surface area contributed by atoms with Gasteiger partial charge in [0, 0.05) is 61.2 Å². The van der Waals surface area contributed by atoms with Gasteiger partial charge < -0.3 is 15.2 Å². The lowest BCUT2D eigenvalue weighted by Gasteiger charge is -2.31. The first-order chi connectivity index (χ1) is 14.7. The predicted octanol–water partition coefficient (Wildman–Crippen LogP) is 6.26. The summed E-state index contributed by atoms with van der Waals surface area (Å²) in [6.07, 6.45) is 2.58. The van der Waals surface area contributed by atoms with Gasteiger partial charge in [0.05, 0.1) is 0 Å². The molecule has 0 bridgehead atoms. The molecule has 0 atom stereocenters. The maximum absolute atomic E-state index is 13.9. The Kier molecular flexibility index (Phi) is 13.1. The number of benzene rings is 2. The summed E-state index contributed by atoms with van der Waals surface area (Å²) >= 11 is 6.80. The van der Waals surface area contributed by atoms with Gasteiger partial charge in [0.1, 0.15) is 5.82 Å². The first-order valence-electron chi connectivity index (χ1n) is 9.55. The van der Waals surface area contributed by atoms with Crippen LogP contribution in [0.1, 0.15) is 44.2 Å². The van der Waals surface area contributed by atoms with E-state index in [4.69, 9.17) is 15.2 Å². The predicted molar refractivity (Wildman–Crippen MR) is 152 cm³/mol. The Morgan fingerprint density at radius 3 is 2.31 bits per heavy atom. The van der Waals surface area contributed by atoms with Crippen LogP contribution in [-0.4, -0.2) is 32.4 Å². The molecule has 0 saturated heterocycles. The zero-order valence-electron chi connectivity index (χ0n) is 17.3. The lowest BCUT2D eigenvalue weighted by Crippen LogP contribution is -2.33. The molecule has 0 spiro atoms. The molecule has 1 aliphatic heterocycles. The molecule has 1 heterocycles. The molecule has 32 heavy (non-hydrogen) atoms. The number of hydrogen-bond donors (Lipinski definition) is 1. The Balaban J connectivity index is 0.000000324. The van der Waals surface area contributed by atoms with Crippen molar-refractivity contribution in [3.8, 4) is 0 Å². The van der Waals surface area contributed by atoms with Gasteiger partial charge in [0.2, 0.25) is 5.91 Å². The van der Waals surface area contributed by atoms with Crippen LogP contribution < -0.4 is 5.73 Å². The van der Waals surface area contributed by atoms with Crippen LogP contribution in [0.3, 0.4) is 0 Å². The standard InChI is InChI=1S/C12H15FINO3.C10H9I2N.CH4/c1-17-12(18-2,6-5-11(15)16)9-7-8(14)3-4-10(9)13;11-7-3-4-9(12)8(6-7)10-2-1-5-13-10;/h3-4,7H,5-6H2,1-2H3,(H2,15,16);3-4,6H,1-2,5H2;1H4. The minimum atomic E-state index is -1.29. The molecule has 0 aromatic heterocycles. The van der Waals surface area contributed by atoms with Gasteiger partial charge in [-0.15, -0.1) is 0 Å². The number of amides is 1. The van der Waals surface area contributed by atoms with Crippen molar-refractivity contribution in [1.29, 1.82) is 0 Å². The third-order valence-corrected chi connectivity index (χ3v) is 7.10. The second-order valence-electron chi connectivity index (χ2n) is 6.81. The van der Waals surface area contributed by atoms with Crippen molar-refractivity contribution in [2.45, 2.75) is 38.9 Å². The Morgan fingerprint density at radius 2 is 1.75 bits per heavy atom. The van der Waals surface area contributed by atoms with Crippen molar-refractivity contribution >= 4 is 79.4 Å². The van der Waals surface area contributed by atoms with Crippen molar-refractivity contribution in [3.63, 3.8) is 0 Å². The maximum Gasteiger partial charge on any atom is 0.217 e. The zero-order chi connectivity index (χ0) is 23.0. The van der Waals surface area contributed by atoms with E-state index in [1.54, 1.807) is 12.1 Å². The van der Waals surface area contributed by atoms with E-state index in [2.05, 4.69) is 91.0 Å². The molecule has 1 amide bonds. The molecule has 9 heteroatoms. The lowest BCUT2D eigenvalue weighted by molar-refractivity contribution is -0.222. The molecular weight excluding hydrogens is 752 g/mol. The topological polar surface area (TPSA) is 73.9 Å².